The van der Waals surface area contributed by atoms with Crippen LogP contribution in [0.2, 0.25) is 0 Å². The molecule has 20 heavy (non-hydrogen) atoms. The van der Waals surface area contributed by atoms with Crippen LogP contribution in [-0.2, 0) is 0 Å². The van der Waals surface area contributed by atoms with Crippen LogP contribution in [0.4, 0.5) is 0 Å². The van der Waals surface area contributed by atoms with Gasteiger partial charge >= 0.3 is 0 Å². The maximum atomic E-state index is 13.3. The maximum absolute atomic E-state index is 13.3. The molecule has 108 valence electrons. The van der Waals surface area contributed by atoms with E-state index in [-0.39, 0.29) is 5.41 Å². The predicted molar refractivity (Wildman–Crippen MR) is 86.3 cm³/mol. The van der Waals surface area contributed by atoms with Gasteiger partial charge in [0.1, 0.15) is 0 Å². The molecule has 1 nitrogen and oxygen atoms in total. The molecule has 4 aliphatic rings. The third kappa shape index (κ3) is 1.89. The van der Waals surface area contributed by atoms with Crippen molar-refractivity contribution in [3.05, 3.63) is 20.3 Å². The molecule has 5 rings (SSSR count). The van der Waals surface area contributed by atoms with E-state index in [2.05, 4.69) is 35.8 Å². The minimum absolute atomic E-state index is 0.0237. The number of Topliss-reactive ketones (excluding diaryl/α,β-unsaturated/α-hetero) is 1. The summed E-state index contributed by atoms with van der Waals surface area (Å²) in [7, 11) is 0. The smallest absolute Gasteiger partial charge is 0.170 e. The van der Waals surface area contributed by atoms with Crippen molar-refractivity contribution in [3.63, 3.8) is 0 Å². The Morgan fingerprint density at radius 3 is 2.45 bits per heavy atom. The van der Waals surface area contributed by atoms with Gasteiger partial charge in [-0.2, -0.15) is 0 Å². The Hall–Kier alpha value is -0.150. The molecule has 4 aliphatic carbocycles. The highest BCUT2D eigenvalue weighted by Gasteiger charge is 2.58. The zero-order valence-electron chi connectivity index (χ0n) is 12.2. The van der Waals surface area contributed by atoms with Crippen molar-refractivity contribution in [2.75, 3.05) is 0 Å². The molecule has 4 bridgehead atoms. The Morgan fingerprint density at radius 2 is 1.95 bits per heavy atom. The van der Waals surface area contributed by atoms with Gasteiger partial charge in [0.15, 0.2) is 5.78 Å². The van der Waals surface area contributed by atoms with Crippen molar-refractivity contribution in [2.24, 2.45) is 22.7 Å². The van der Waals surface area contributed by atoms with Gasteiger partial charge in [0, 0.05) is 15.9 Å². The van der Waals surface area contributed by atoms with Crippen LogP contribution in [0.25, 0.3) is 0 Å². The minimum atomic E-state index is -0.0237. The molecule has 1 heterocycles. The molecule has 4 saturated carbocycles. The fourth-order valence-corrected chi connectivity index (χ4v) is 7.63. The Bertz CT molecular complexity index is 574. The van der Waals surface area contributed by atoms with E-state index in [1.54, 1.807) is 11.3 Å². The molecular weight excluding hydrogens is 332 g/mol. The van der Waals surface area contributed by atoms with Gasteiger partial charge in [-0.1, -0.05) is 6.92 Å². The molecule has 0 N–H and O–H groups in total. The van der Waals surface area contributed by atoms with Crippen LogP contribution < -0.4 is 0 Å². The van der Waals surface area contributed by atoms with E-state index in [1.807, 2.05) is 0 Å². The van der Waals surface area contributed by atoms with Gasteiger partial charge in [-0.3, -0.25) is 4.79 Å². The number of carbonyl (C=O) groups is 1. The molecule has 1 aromatic heterocycles. The summed E-state index contributed by atoms with van der Waals surface area (Å²) in [6.45, 7) is 4.52. The van der Waals surface area contributed by atoms with E-state index < -0.39 is 0 Å². The van der Waals surface area contributed by atoms with E-state index in [9.17, 15) is 4.79 Å². The lowest BCUT2D eigenvalue weighted by molar-refractivity contribution is -0.0820. The first-order valence-electron chi connectivity index (χ1n) is 7.70. The first-order chi connectivity index (χ1) is 9.39. The number of hydrogen-bond donors (Lipinski definition) is 0. The lowest BCUT2D eigenvalue weighted by Crippen LogP contribution is -2.54. The Kier molecular flexibility index (Phi) is 2.83. The van der Waals surface area contributed by atoms with Crippen molar-refractivity contribution in [1.82, 2.24) is 0 Å². The first kappa shape index (κ1) is 13.5. The number of ketones is 1. The topological polar surface area (TPSA) is 17.1 Å². The zero-order chi connectivity index (χ0) is 14.1. The van der Waals surface area contributed by atoms with Crippen molar-refractivity contribution >= 4 is 33.0 Å². The molecule has 2 unspecified atom stereocenters. The van der Waals surface area contributed by atoms with Crippen LogP contribution in [0.1, 0.15) is 60.7 Å². The summed E-state index contributed by atoms with van der Waals surface area (Å²) in [4.78, 5) is 14.4. The van der Waals surface area contributed by atoms with E-state index in [0.29, 0.717) is 11.2 Å². The molecule has 0 aliphatic heterocycles. The lowest BCUT2D eigenvalue weighted by Gasteiger charge is -2.60. The summed E-state index contributed by atoms with van der Waals surface area (Å²) in [6.07, 6.45) is 7.57. The van der Waals surface area contributed by atoms with Gasteiger partial charge in [-0.05, 0) is 84.7 Å². The average Bonchev–Trinajstić information content (AvgIpc) is 2.64. The highest BCUT2D eigenvalue weighted by Crippen LogP contribution is 2.66. The van der Waals surface area contributed by atoms with Crippen molar-refractivity contribution in [2.45, 2.75) is 52.4 Å². The third-order valence-electron chi connectivity index (χ3n) is 5.97. The minimum Gasteiger partial charge on any atom is -0.294 e. The molecule has 2 atom stereocenters. The maximum Gasteiger partial charge on any atom is 0.170 e. The highest BCUT2D eigenvalue weighted by molar-refractivity contribution is 9.11. The summed E-state index contributed by atoms with van der Waals surface area (Å²) in [6, 6.07) is 2.06. The molecule has 0 spiro atoms. The summed E-state index contributed by atoms with van der Waals surface area (Å²) >= 11 is 5.23. The molecule has 4 fully saturated rings. The van der Waals surface area contributed by atoms with Gasteiger partial charge in [-0.15, -0.1) is 11.3 Å². The van der Waals surface area contributed by atoms with Crippen LogP contribution in [0, 0.1) is 29.6 Å². The number of carbonyl (C=O) groups excluding carboxylic acids is 1. The van der Waals surface area contributed by atoms with Crippen molar-refractivity contribution in [3.8, 4) is 0 Å². The van der Waals surface area contributed by atoms with Crippen LogP contribution >= 0.6 is 27.3 Å². The van der Waals surface area contributed by atoms with Gasteiger partial charge in [-0.25, -0.2) is 0 Å². The molecule has 3 heteroatoms. The summed E-state index contributed by atoms with van der Waals surface area (Å²) in [5.41, 5.74) is 1.41. The zero-order valence-corrected chi connectivity index (χ0v) is 14.6. The molecule has 0 saturated heterocycles. The lowest BCUT2D eigenvalue weighted by atomic mass is 9.43. The molecule has 1 aromatic rings. The Balaban J connectivity index is 1.74. The van der Waals surface area contributed by atoms with Crippen LogP contribution in [-0.4, -0.2) is 5.78 Å². The van der Waals surface area contributed by atoms with E-state index in [0.717, 1.165) is 40.4 Å². The number of rotatable bonds is 2. The van der Waals surface area contributed by atoms with Gasteiger partial charge in [0.25, 0.3) is 0 Å². The van der Waals surface area contributed by atoms with Gasteiger partial charge in [0.2, 0.25) is 0 Å². The summed E-state index contributed by atoms with van der Waals surface area (Å²) < 4.78 is 1.09. The van der Waals surface area contributed by atoms with Gasteiger partial charge < -0.3 is 0 Å². The van der Waals surface area contributed by atoms with Crippen molar-refractivity contribution < 1.29 is 4.79 Å². The fraction of sp³-hybridized carbons (Fsp3) is 0.706. The second kappa shape index (κ2) is 4.19. The summed E-state index contributed by atoms with van der Waals surface area (Å²) in [5.74, 6) is 2.08. The summed E-state index contributed by atoms with van der Waals surface area (Å²) in [5, 5.41) is 0. The second-order valence-electron chi connectivity index (χ2n) is 7.90. The quantitative estimate of drug-likeness (QED) is 0.632. The number of thiophene rings is 1. The Labute approximate surface area is 133 Å². The van der Waals surface area contributed by atoms with Crippen LogP contribution in [0.15, 0.2) is 9.85 Å². The largest absolute Gasteiger partial charge is 0.294 e. The fourth-order valence-electron chi connectivity index (χ4n) is 5.94. The molecular formula is C17H21BrOS. The highest BCUT2D eigenvalue weighted by atomic mass is 79.9. The van der Waals surface area contributed by atoms with E-state index in [4.69, 9.17) is 0 Å². The number of aryl methyl sites for hydroxylation is 1. The van der Waals surface area contributed by atoms with Gasteiger partial charge in [0.05, 0.1) is 3.79 Å². The average molecular weight is 353 g/mol. The standard InChI is InChI=1S/C17H21BrOS/c1-10-13(4-14(18)20-10)15(19)17-7-11-3-12(8-17)6-16(2,5-11)9-17/h4,11-12H,3,5-9H2,1-2H3. The monoisotopic (exact) mass is 352 g/mol. The molecule has 0 amide bonds. The van der Waals surface area contributed by atoms with Crippen LogP contribution in [0.3, 0.4) is 0 Å². The van der Waals surface area contributed by atoms with E-state index >= 15 is 0 Å². The number of halogens is 1. The Morgan fingerprint density at radius 1 is 1.30 bits per heavy atom. The second-order valence-corrected chi connectivity index (χ2v) is 10.5. The normalized spacial score (nSPS) is 42.1. The third-order valence-corrected chi connectivity index (χ3v) is 7.52. The molecule has 0 radical (unpaired) electrons. The van der Waals surface area contributed by atoms with E-state index in [1.165, 1.54) is 24.1 Å². The SMILES string of the molecule is Cc1sc(Br)cc1C(=O)C12CC3CC(CC(C)(C3)C1)C2. The number of hydrogen-bond acceptors (Lipinski definition) is 2. The van der Waals surface area contributed by atoms with Crippen molar-refractivity contribution in [1.29, 1.82) is 0 Å². The predicted octanol–water partition coefficient (Wildman–Crippen LogP) is 5.61. The first-order valence-corrected chi connectivity index (χ1v) is 9.31. The molecule has 0 aromatic carbocycles. The van der Waals surface area contributed by atoms with Crippen LogP contribution in [0.5, 0.6) is 0 Å².